The molecule has 1 aromatic carbocycles. The van der Waals surface area contributed by atoms with E-state index >= 15 is 0 Å². The third kappa shape index (κ3) is 3.17. The van der Waals surface area contributed by atoms with Crippen molar-refractivity contribution in [3.05, 3.63) is 33.4 Å². The van der Waals surface area contributed by atoms with E-state index in [2.05, 4.69) is 27.9 Å². The van der Waals surface area contributed by atoms with Gasteiger partial charge in [0.1, 0.15) is 0 Å². The van der Waals surface area contributed by atoms with E-state index in [0.29, 0.717) is 25.3 Å². The maximum Gasteiger partial charge on any atom is 0.252 e. The van der Waals surface area contributed by atoms with Crippen LogP contribution < -0.4 is 5.32 Å². The summed E-state index contributed by atoms with van der Waals surface area (Å²) in [7, 11) is 0. The lowest BCUT2D eigenvalue weighted by atomic mass is 10.2. The van der Waals surface area contributed by atoms with Gasteiger partial charge in [0.2, 0.25) is 0 Å². The Morgan fingerprint density at radius 1 is 1.41 bits per heavy atom. The number of halogens is 1. The molecule has 1 aliphatic heterocycles. The van der Waals surface area contributed by atoms with Gasteiger partial charge < -0.3 is 14.8 Å². The number of carbonyl (C=O) groups is 1. The van der Waals surface area contributed by atoms with Gasteiger partial charge >= 0.3 is 0 Å². The Kier molecular flexibility index (Phi) is 4.01. The summed E-state index contributed by atoms with van der Waals surface area (Å²) >= 11 is 2.14. The minimum absolute atomic E-state index is 0.102. The van der Waals surface area contributed by atoms with Gasteiger partial charge in [0, 0.05) is 3.57 Å². The van der Waals surface area contributed by atoms with E-state index in [4.69, 9.17) is 9.47 Å². The second kappa shape index (κ2) is 5.32. The molecule has 0 atom stereocenters. The molecule has 0 aromatic heterocycles. The molecular weight excluding hydrogens is 333 g/mol. The summed E-state index contributed by atoms with van der Waals surface area (Å²) in [5.41, 5.74) is 0.676. The predicted octanol–water partition coefficient (Wildman–Crippen LogP) is 1.78. The predicted molar refractivity (Wildman–Crippen MR) is 71.8 cm³/mol. The molecule has 1 aliphatic rings. The highest BCUT2D eigenvalue weighted by molar-refractivity contribution is 14.1. The van der Waals surface area contributed by atoms with Gasteiger partial charge in [-0.1, -0.05) is 12.1 Å². The fraction of sp³-hybridized carbons (Fsp3) is 0.417. The number of amides is 1. The SMILES string of the molecule is CC1(CNC(=O)c2ccccc2I)OCCO1. The summed E-state index contributed by atoms with van der Waals surface area (Å²) in [6.45, 7) is 3.34. The first-order chi connectivity index (χ1) is 8.11. The molecule has 1 heterocycles. The lowest BCUT2D eigenvalue weighted by molar-refractivity contribution is -0.136. The first-order valence-electron chi connectivity index (χ1n) is 5.41. The van der Waals surface area contributed by atoms with Crippen LogP contribution in [0.5, 0.6) is 0 Å². The molecule has 5 heteroatoms. The lowest BCUT2D eigenvalue weighted by Gasteiger charge is -2.22. The van der Waals surface area contributed by atoms with Crippen LogP contribution in [0.4, 0.5) is 0 Å². The third-order valence-electron chi connectivity index (χ3n) is 2.59. The first kappa shape index (κ1) is 12.8. The number of benzene rings is 1. The average molecular weight is 347 g/mol. The summed E-state index contributed by atoms with van der Waals surface area (Å²) < 4.78 is 11.8. The normalized spacial score (nSPS) is 18.0. The fourth-order valence-corrected chi connectivity index (χ4v) is 2.27. The standard InChI is InChI=1S/C12H14INO3/c1-12(16-6-7-17-12)8-14-11(15)9-4-2-3-5-10(9)13/h2-5H,6-8H2,1H3,(H,14,15). The summed E-state index contributed by atoms with van der Waals surface area (Å²) in [4.78, 5) is 11.9. The Morgan fingerprint density at radius 2 is 2.06 bits per heavy atom. The summed E-state index contributed by atoms with van der Waals surface area (Å²) in [6.07, 6.45) is 0. The highest BCUT2D eigenvalue weighted by atomic mass is 127. The molecule has 1 saturated heterocycles. The zero-order valence-electron chi connectivity index (χ0n) is 9.53. The van der Waals surface area contributed by atoms with Gasteiger partial charge in [-0.25, -0.2) is 0 Å². The molecule has 0 radical (unpaired) electrons. The monoisotopic (exact) mass is 347 g/mol. The number of hydrogen-bond acceptors (Lipinski definition) is 3. The molecule has 0 unspecified atom stereocenters. The van der Waals surface area contributed by atoms with Crippen molar-refractivity contribution in [1.29, 1.82) is 0 Å². The van der Waals surface area contributed by atoms with Crippen LogP contribution in [0.2, 0.25) is 0 Å². The quantitative estimate of drug-likeness (QED) is 0.848. The third-order valence-corrected chi connectivity index (χ3v) is 3.53. The minimum Gasteiger partial charge on any atom is -0.347 e. The van der Waals surface area contributed by atoms with Crippen LogP contribution in [0, 0.1) is 3.57 Å². The smallest absolute Gasteiger partial charge is 0.252 e. The van der Waals surface area contributed by atoms with Crippen molar-refractivity contribution in [2.45, 2.75) is 12.7 Å². The van der Waals surface area contributed by atoms with Crippen LogP contribution in [0.1, 0.15) is 17.3 Å². The topological polar surface area (TPSA) is 47.6 Å². The van der Waals surface area contributed by atoms with Gasteiger partial charge in [-0.2, -0.15) is 0 Å². The maximum absolute atomic E-state index is 11.9. The molecule has 1 aromatic rings. The Hall–Kier alpha value is -0.660. The van der Waals surface area contributed by atoms with Crippen molar-refractivity contribution in [1.82, 2.24) is 5.32 Å². The van der Waals surface area contributed by atoms with E-state index in [9.17, 15) is 4.79 Å². The second-order valence-corrected chi connectivity index (χ2v) is 5.16. The van der Waals surface area contributed by atoms with Crippen molar-refractivity contribution in [2.75, 3.05) is 19.8 Å². The van der Waals surface area contributed by atoms with E-state index < -0.39 is 5.79 Å². The van der Waals surface area contributed by atoms with Crippen LogP contribution in [-0.2, 0) is 9.47 Å². The summed E-state index contributed by atoms with van der Waals surface area (Å²) in [5.74, 6) is -0.786. The molecule has 0 spiro atoms. The zero-order chi connectivity index (χ0) is 12.3. The molecule has 1 N–H and O–H groups in total. The van der Waals surface area contributed by atoms with Crippen molar-refractivity contribution in [3.63, 3.8) is 0 Å². The van der Waals surface area contributed by atoms with E-state index in [1.165, 1.54) is 0 Å². The Balaban J connectivity index is 1.96. The van der Waals surface area contributed by atoms with E-state index in [1.807, 2.05) is 25.1 Å². The molecule has 1 amide bonds. The molecule has 4 nitrogen and oxygen atoms in total. The van der Waals surface area contributed by atoms with Crippen molar-refractivity contribution in [3.8, 4) is 0 Å². The maximum atomic E-state index is 11.9. The van der Waals surface area contributed by atoms with Crippen LogP contribution in [0.3, 0.4) is 0 Å². The fourth-order valence-electron chi connectivity index (χ4n) is 1.64. The van der Waals surface area contributed by atoms with Crippen molar-refractivity contribution >= 4 is 28.5 Å². The van der Waals surface area contributed by atoms with Gasteiger partial charge in [-0.3, -0.25) is 4.79 Å². The number of nitrogens with one attached hydrogen (secondary N) is 1. The molecule has 0 saturated carbocycles. The van der Waals surface area contributed by atoms with Gasteiger partial charge in [0.25, 0.3) is 5.91 Å². The molecule has 92 valence electrons. The van der Waals surface area contributed by atoms with Crippen LogP contribution in [0.25, 0.3) is 0 Å². The molecule has 1 fully saturated rings. The molecule has 2 rings (SSSR count). The molecule has 0 bridgehead atoms. The van der Waals surface area contributed by atoms with Crippen molar-refractivity contribution < 1.29 is 14.3 Å². The summed E-state index contributed by atoms with van der Waals surface area (Å²) in [5, 5.41) is 2.83. The largest absolute Gasteiger partial charge is 0.347 e. The number of carbonyl (C=O) groups excluding carboxylic acids is 1. The lowest BCUT2D eigenvalue weighted by Crippen LogP contribution is -2.41. The van der Waals surface area contributed by atoms with Crippen LogP contribution >= 0.6 is 22.6 Å². The van der Waals surface area contributed by atoms with Crippen LogP contribution in [0.15, 0.2) is 24.3 Å². The molecule has 0 aliphatic carbocycles. The summed E-state index contributed by atoms with van der Waals surface area (Å²) in [6, 6.07) is 7.46. The molecular formula is C12H14INO3. The van der Waals surface area contributed by atoms with Gasteiger partial charge in [0.05, 0.1) is 25.3 Å². The van der Waals surface area contributed by atoms with E-state index in [0.717, 1.165) is 3.57 Å². The van der Waals surface area contributed by atoms with Gasteiger partial charge in [-0.05, 0) is 41.6 Å². The number of rotatable bonds is 3. The second-order valence-electron chi connectivity index (χ2n) is 3.99. The number of ether oxygens (including phenoxy) is 2. The average Bonchev–Trinajstić information content (AvgIpc) is 2.74. The molecule has 17 heavy (non-hydrogen) atoms. The Bertz CT molecular complexity index is 416. The van der Waals surface area contributed by atoms with E-state index in [1.54, 1.807) is 6.07 Å². The number of hydrogen-bond donors (Lipinski definition) is 1. The first-order valence-corrected chi connectivity index (χ1v) is 6.49. The highest BCUT2D eigenvalue weighted by Gasteiger charge is 2.31. The van der Waals surface area contributed by atoms with E-state index in [-0.39, 0.29) is 5.91 Å². The minimum atomic E-state index is -0.685. The highest BCUT2D eigenvalue weighted by Crippen LogP contribution is 2.17. The van der Waals surface area contributed by atoms with Gasteiger partial charge in [-0.15, -0.1) is 0 Å². The van der Waals surface area contributed by atoms with Crippen molar-refractivity contribution in [2.24, 2.45) is 0 Å². The van der Waals surface area contributed by atoms with Gasteiger partial charge in [0.15, 0.2) is 5.79 Å². The Labute approximate surface area is 114 Å². The Morgan fingerprint density at radius 3 is 2.71 bits per heavy atom. The van der Waals surface area contributed by atoms with Crippen LogP contribution in [-0.4, -0.2) is 31.5 Å². The zero-order valence-corrected chi connectivity index (χ0v) is 11.7.